The highest BCUT2D eigenvalue weighted by atomic mass is 16.5. The van der Waals surface area contributed by atoms with Crippen molar-refractivity contribution in [3.05, 3.63) is 59.7 Å². The first-order valence-corrected chi connectivity index (χ1v) is 11.0. The van der Waals surface area contributed by atoms with E-state index in [1.54, 1.807) is 7.11 Å². The minimum atomic E-state index is -0.115. The normalized spacial score (nSPS) is 20.5. The van der Waals surface area contributed by atoms with Crippen LogP contribution in [0, 0.1) is 5.92 Å². The van der Waals surface area contributed by atoms with E-state index in [4.69, 9.17) is 9.47 Å². The van der Waals surface area contributed by atoms with E-state index < -0.39 is 0 Å². The molecule has 0 spiro atoms. The molecule has 1 fully saturated rings. The zero-order valence-corrected chi connectivity index (χ0v) is 19.0. The molecule has 1 atom stereocenters. The Bertz CT molecular complexity index is 1010. The van der Waals surface area contributed by atoms with Crippen LogP contribution in [0.15, 0.2) is 48.6 Å². The predicted octanol–water partition coefficient (Wildman–Crippen LogP) is 7.40. The molecule has 2 heterocycles. The van der Waals surface area contributed by atoms with Crippen LogP contribution >= 0.6 is 0 Å². The minimum absolute atomic E-state index is 0.0630. The second-order valence-corrected chi connectivity index (χ2v) is 9.20. The molecule has 2 aromatic rings. The van der Waals surface area contributed by atoms with Gasteiger partial charge in [0.15, 0.2) is 0 Å². The number of allylic oxidation sites excluding steroid dienone is 2. The van der Waals surface area contributed by atoms with Gasteiger partial charge in [-0.25, -0.2) is 0 Å². The summed E-state index contributed by atoms with van der Waals surface area (Å²) in [5.74, 6) is 2.79. The number of anilines is 1. The molecule has 5 rings (SSSR count). The number of methoxy groups -OCH3 is 1. The third kappa shape index (κ3) is 3.86. The van der Waals surface area contributed by atoms with E-state index in [1.807, 2.05) is 25.1 Å². The van der Waals surface area contributed by atoms with Gasteiger partial charge in [0.25, 0.3) is 0 Å². The third-order valence-electron chi connectivity index (χ3n) is 5.92. The van der Waals surface area contributed by atoms with Crippen molar-refractivity contribution in [2.24, 2.45) is 5.92 Å². The fraction of sp³-hybridized carbons (Fsp3) is 0.407. The molecule has 0 radical (unpaired) electrons. The topological polar surface area (TPSA) is 30.5 Å². The van der Waals surface area contributed by atoms with E-state index in [0.29, 0.717) is 0 Å². The molecule has 0 saturated heterocycles. The van der Waals surface area contributed by atoms with Crippen LogP contribution < -0.4 is 14.8 Å². The Labute approximate surface area is 180 Å². The number of benzene rings is 2. The average Bonchev–Trinajstić information content (AvgIpc) is 3.48. The Morgan fingerprint density at radius 2 is 1.87 bits per heavy atom. The van der Waals surface area contributed by atoms with E-state index in [9.17, 15) is 0 Å². The predicted molar refractivity (Wildman–Crippen MR) is 126 cm³/mol. The molecule has 1 unspecified atom stereocenters. The first kappa shape index (κ1) is 20.6. The summed E-state index contributed by atoms with van der Waals surface area (Å²) >= 11 is 0. The van der Waals surface area contributed by atoms with E-state index in [0.717, 1.165) is 28.7 Å². The van der Waals surface area contributed by atoms with Gasteiger partial charge < -0.3 is 14.8 Å². The molecule has 3 nitrogen and oxygen atoms in total. The van der Waals surface area contributed by atoms with Gasteiger partial charge in [0.2, 0.25) is 0 Å². The molecule has 158 valence electrons. The van der Waals surface area contributed by atoms with E-state index in [2.05, 4.69) is 63.4 Å². The lowest BCUT2D eigenvalue weighted by molar-refractivity contribution is 0.249. The molecule has 0 aromatic heterocycles. The molecule has 3 heteroatoms. The van der Waals surface area contributed by atoms with Crippen LogP contribution in [0.1, 0.15) is 64.7 Å². The van der Waals surface area contributed by atoms with Crippen LogP contribution in [0.4, 0.5) is 5.69 Å². The number of hydrogen-bond donors (Lipinski definition) is 1. The monoisotopic (exact) mass is 403 g/mol. The molecule has 1 aliphatic carbocycles. The first-order chi connectivity index (χ1) is 14.3. The molecule has 0 amide bonds. The van der Waals surface area contributed by atoms with Gasteiger partial charge in [-0.15, -0.1) is 0 Å². The summed E-state index contributed by atoms with van der Waals surface area (Å²) in [5.41, 5.74) is 7.02. The first-order valence-electron chi connectivity index (χ1n) is 11.0. The maximum Gasteiger partial charge on any atom is 0.143 e. The number of hydrogen-bond acceptors (Lipinski definition) is 3. The molecule has 1 N–H and O–H groups in total. The Balaban J connectivity index is 0.000000489. The van der Waals surface area contributed by atoms with Crippen molar-refractivity contribution in [2.45, 2.75) is 59.1 Å². The van der Waals surface area contributed by atoms with Crippen LogP contribution in [0.2, 0.25) is 0 Å². The van der Waals surface area contributed by atoms with Gasteiger partial charge in [0, 0.05) is 16.8 Å². The third-order valence-corrected chi connectivity index (χ3v) is 5.92. The lowest BCUT2D eigenvalue weighted by Gasteiger charge is -2.36. The molecular weight excluding hydrogens is 370 g/mol. The lowest BCUT2D eigenvalue weighted by atomic mass is 9.81. The number of fused-ring (bicyclic) bond motifs is 5. The van der Waals surface area contributed by atoms with Crippen LogP contribution in [-0.4, -0.2) is 12.6 Å². The summed E-state index contributed by atoms with van der Waals surface area (Å²) in [6.07, 6.45) is 9.32. The van der Waals surface area contributed by atoms with Gasteiger partial charge in [-0.3, -0.25) is 0 Å². The Morgan fingerprint density at radius 3 is 2.50 bits per heavy atom. The summed E-state index contributed by atoms with van der Waals surface area (Å²) in [5, 5.41) is 3.64. The number of rotatable bonds is 2. The fourth-order valence-corrected chi connectivity index (χ4v) is 4.38. The van der Waals surface area contributed by atoms with Crippen molar-refractivity contribution < 1.29 is 9.47 Å². The van der Waals surface area contributed by atoms with Gasteiger partial charge in [0.1, 0.15) is 17.6 Å². The molecule has 2 aliphatic heterocycles. The van der Waals surface area contributed by atoms with E-state index in [1.165, 1.54) is 35.1 Å². The van der Waals surface area contributed by atoms with Gasteiger partial charge in [-0.1, -0.05) is 44.1 Å². The summed E-state index contributed by atoms with van der Waals surface area (Å²) in [4.78, 5) is 0. The van der Waals surface area contributed by atoms with Crippen LogP contribution in [0.5, 0.6) is 11.5 Å². The van der Waals surface area contributed by atoms with Gasteiger partial charge in [-0.2, -0.15) is 0 Å². The smallest absolute Gasteiger partial charge is 0.143 e. The molecule has 2 aromatic carbocycles. The highest BCUT2D eigenvalue weighted by Crippen LogP contribution is 2.52. The van der Waals surface area contributed by atoms with Crippen LogP contribution in [0.3, 0.4) is 0 Å². The summed E-state index contributed by atoms with van der Waals surface area (Å²) < 4.78 is 12.0. The molecule has 1 saturated carbocycles. The Kier molecular flexibility index (Phi) is 5.40. The largest absolute Gasteiger partial charge is 0.496 e. The lowest BCUT2D eigenvalue weighted by Crippen LogP contribution is -2.32. The van der Waals surface area contributed by atoms with Gasteiger partial charge in [0.05, 0.1) is 18.2 Å². The molecule has 30 heavy (non-hydrogen) atoms. The van der Waals surface area contributed by atoms with Crippen molar-refractivity contribution in [2.75, 3.05) is 12.4 Å². The van der Waals surface area contributed by atoms with Crippen LogP contribution in [-0.2, 0) is 0 Å². The zero-order chi connectivity index (χ0) is 21.5. The quantitative estimate of drug-likeness (QED) is 0.530. The standard InChI is InChI=1S/C23H25NO2.C4H8/c1-6-8-18-22-15(21-17(25-5)9-7-10-19(21)26-18)11-12-16-20(22)14(2)13-23(3,4)24-16;1-4-2-3-4/h6-13,18,24H,1-5H3;4H,2-3H2,1H3/b8-6+;. The highest BCUT2D eigenvalue weighted by molar-refractivity contribution is 5.91. The Hall–Kier alpha value is -2.68. The van der Waals surface area contributed by atoms with Crippen molar-refractivity contribution in [3.63, 3.8) is 0 Å². The average molecular weight is 404 g/mol. The van der Waals surface area contributed by atoms with E-state index in [-0.39, 0.29) is 11.6 Å². The number of ether oxygens (including phenoxy) is 2. The van der Waals surface area contributed by atoms with Crippen molar-refractivity contribution in [1.29, 1.82) is 0 Å². The van der Waals surface area contributed by atoms with Crippen molar-refractivity contribution in [3.8, 4) is 22.6 Å². The molecular formula is C27H33NO2. The maximum absolute atomic E-state index is 6.39. The van der Waals surface area contributed by atoms with Crippen molar-refractivity contribution in [1.82, 2.24) is 0 Å². The zero-order valence-electron chi connectivity index (χ0n) is 19.0. The summed E-state index contributed by atoms with van der Waals surface area (Å²) in [7, 11) is 1.71. The molecule has 0 bridgehead atoms. The van der Waals surface area contributed by atoms with Crippen molar-refractivity contribution >= 4 is 11.3 Å². The second-order valence-electron chi connectivity index (χ2n) is 9.20. The van der Waals surface area contributed by atoms with Crippen LogP contribution in [0.25, 0.3) is 16.7 Å². The molecule has 3 aliphatic rings. The summed E-state index contributed by atoms with van der Waals surface area (Å²) in [6, 6.07) is 10.4. The number of nitrogens with one attached hydrogen (secondary N) is 1. The fourth-order valence-electron chi connectivity index (χ4n) is 4.38. The van der Waals surface area contributed by atoms with Gasteiger partial charge >= 0.3 is 0 Å². The summed E-state index contributed by atoms with van der Waals surface area (Å²) in [6.45, 7) is 10.9. The second kappa shape index (κ2) is 7.86. The SMILES string of the molecule is C/C=C/C1Oc2cccc(OC)c2-c2ccc3c(c21)C(C)=CC(C)(C)N3.CC1CC1. The van der Waals surface area contributed by atoms with Gasteiger partial charge in [-0.05, 0) is 69.0 Å². The highest BCUT2D eigenvalue weighted by Gasteiger charge is 2.33. The minimum Gasteiger partial charge on any atom is -0.496 e. The maximum atomic E-state index is 6.39. The van der Waals surface area contributed by atoms with E-state index >= 15 is 0 Å². The Morgan fingerprint density at radius 1 is 1.13 bits per heavy atom.